The highest BCUT2D eigenvalue weighted by atomic mass is 28.3. The van der Waals surface area contributed by atoms with E-state index < -0.39 is 8.07 Å². The molecule has 234 valence electrons. The predicted octanol–water partition coefficient (Wildman–Crippen LogP) is 11.3. The van der Waals surface area contributed by atoms with E-state index in [1.54, 1.807) is 0 Å². The third-order valence-corrected chi connectivity index (χ3v) is 13.8. The van der Waals surface area contributed by atoms with Crippen LogP contribution in [0.5, 0.6) is 5.75 Å². The number of ether oxygens (including phenoxy) is 1. The summed E-state index contributed by atoms with van der Waals surface area (Å²) < 4.78 is 6.61. The molecular formula is C44H48OSi. The van der Waals surface area contributed by atoms with Gasteiger partial charge in [0.15, 0.2) is 0 Å². The van der Waals surface area contributed by atoms with Gasteiger partial charge in [-0.1, -0.05) is 163 Å². The van der Waals surface area contributed by atoms with Gasteiger partial charge in [0, 0.05) is 5.54 Å². The van der Waals surface area contributed by atoms with E-state index in [0.29, 0.717) is 6.61 Å². The number of hydrogen-bond donors (Lipinski definition) is 0. The van der Waals surface area contributed by atoms with Crippen molar-refractivity contribution in [1.82, 2.24) is 0 Å². The summed E-state index contributed by atoms with van der Waals surface area (Å²) in [5, 5.41) is 1.38. The Morgan fingerprint density at radius 3 is 1.59 bits per heavy atom. The van der Waals surface area contributed by atoms with Crippen LogP contribution < -0.4 is 9.92 Å². The minimum atomic E-state index is -2.29. The average Bonchev–Trinajstić information content (AvgIpc) is 3.40. The molecule has 1 aliphatic carbocycles. The molecule has 0 aliphatic heterocycles. The van der Waals surface area contributed by atoms with Crippen LogP contribution >= 0.6 is 0 Å². The van der Waals surface area contributed by atoms with Crippen molar-refractivity contribution in [1.29, 1.82) is 0 Å². The molecule has 0 heterocycles. The second-order valence-corrected chi connectivity index (χ2v) is 19.0. The van der Waals surface area contributed by atoms with Gasteiger partial charge in [-0.15, -0.1) is 0 Å². The lowest BCUT2D eigenvalue weighted by atomic mass is 9.86. The summed E-state index contributed by atoms with van der Waals surface area (Å²) in [4.78, 5) is 0. The van der Waals surface area contributed by atoms with E-state index in [2.05, 4.69) is 157 Å². The quantitative estimate of drug-likeness (QED) is 0.118. The Balaban J connectivity index is 1.57. The largest absolute Gasteiger partial charge is 0.489 e. The first-order valence-corrected chi connectivity index (χ1v) is 20.0. The van der Waals surface area contributed by atoms with Crippen molar-refractivity contribution in [2.75, 3.05) is 6.61 Å². The van der Waals surface area contributed by atoms with Crippen LogP contribution in [0.4, 0.5) is 0 Å². The fourth-order valence-electron chi connectivity index (χ4n) is 7.35. The topological polar surface area (TPSA) is 9.23 Å². The van der Waals surface area contributed by atoms with Crippen molar-refractivity contribution < 1.29 is 4.74 Å². The standard InChI is InChI=1S/C44H48OSi/c1-9-27-45-42-40(44(4,5)6)13-12-14-41(42)46(7,8)43-38-28-34(32-19-15-30(10-2)16-20-32)23-25-36(38)37-26-24-35(29-39(37)43)33-21-17-31(11-3)18-22-33/h9,12-26,28-29,43H,1,10-11,27H2,2-8H3. The van der Waals surface area contributed by atoms with E-state index in [4.69, 9.17) is 4.74 Å². The Bertz CT molecular complexity index is 1770. The molecule has 1 nitrogen and oxygen atoms in total. The number of benzene rings is 5. The maximum Gasteiger partial charge on any atom is 0.122 e. The lowest BCUT2D eigenvalue weighted by molar-refractivity contribution is 0.354. The van der Waals surface area contributed by atoms with Gasteiger partial charge in [-0.05, 0) is 84.6 Å². The minimum Gasteiger partial charge on any atom is -0.489 e. The number of aryl methyl sites for hydroxylation is 2. The van der Waals surface area contributed by atoms with E-state index in [9.17, 15) is 0 Å². The lowest BCUT2D eigenvalue weighted by Crippen LogP contribution is -2.49. The van der Waals surface area contributed by atoms with E-state index in [1.165, 1.54) is 66.4 Å². The normalized spacial score (nSPS) is 12.9. The SMILES string of the molecule is C=CCOc1c(C(C)(C)C)cccc1[Si](C)(C)C1c2cc(-c3ccc(CC)cc3)ccc2-c2ccc(-c3ccc(CC)cc3)cc21. The van der Waals surface area contributed by atoms with E-state index >= 15 is 0 Å². The molecule has 0 fully saturated rings. The van der Waals surface area contributed by atoms with Gasteiger partial charge in [0.2, 0.25) is 0 Å². The number of hydrogen-bond acceptors (Lipinski definition) is 1. The molecule has 0 bridgehead atoms. The van der Waals surface area contributed by atoms with E-state index in [1.807, 2.05) is 6.08 Å². The zero-order valence-electron chi connectivity index (χ0n) is 28.7. The maximum atomic E-state index is 6.61. The summed E-state index contributed by atoms with van der Waals surface area (Å²) in [6.07, 6.45) is 3.97. The highest BCUT2D eigenvalue weighted by Gasteiger charge is 2.44. The van der Waals surface area contributed by atoms with Gasteiger partial charge in [0.1, 0.15) is 12.4 Å². The van der Waals surface area contributed by atoms with Gasteiger partial charge in [-0.3, -0.25) is 0 Å². The second kappa shape index (κ2) is 12.6. The van der Waals surface area contributed by atoms with Crippen LogP contribution in [0, 0.1) is 0 Å². The predicted molar refractivity (Wildman–Crippen MR) is 201 cm³/mol. The molecule has 1 aliphatic rings. The third kappa shape index (κ3) is 5.80. The van der Waals surface area contributed by atoms with Crippen molar-refractivity contribution in [3.8, 4) is 39.1 Å². The van der Waals surface area contributed by atoms with Crippen molar-refractivity contribution >= 4 is 13.3 Å². The Kier molecular flexibility index (Phi) is 8.70. The Labute approximate surface area is 278 Å². The molecule has 5 aromatic carbocycles. The maximum absolute atomic E-state index is 6.61. The average molecular weight is 621 g/mol. The molecule has 46 heavy (non-hydrogen) atoms. The van der Waals surface area contributed by atoms with Crippen molar-refractivity contribution in [3.63, 3.8) is 0 Å². The van der Waals surface area contributed by atoms with Gasteiger partial charge in [0.05, 0.1) is 8.07 Å². The Hall–Kier alpha value is -4.14. The summed E-state index contributed by atoms with van der Waals surface area (Å²) in [5.74, 6) is 1.05. The fourth-order valence-corrected chi connectivity index (χ4v) is 11.0. The Morgan fingerprint density at radius 1 is 0.674 bits per heavy atom. The van der Waals surface area contributed by atoms with E-state index in [0.717, 1.165) is 18.6 Å². The summed E-state index contributed by atoms with van der Waals surface area (Å²) in [5.41, 5.74) is 15.0. The molecule has 6 rings (SSSR count). The van der Waals surface area contributed by atoms with Gasteiger partial charge in [0.25, 0.3) is 0 Å². The highest BCUT2D eigenvalue weighted by molar-refractivity contribution is 6.92. The zero-order valence-corrected chi connectivity index (χ0v) is 29.7. The van der Waals surface area contributed by atoms with Crippen molar-refractivity contribution in [3.05, 3.63) is 144 Å². The zero-order chi connectivity index (χ0) is 32.6. The van der Waals surface area contributed by atoms with Crippen LogP contribution in [0.2, 0.25) is 13.1 Å². The van der Waals surface area contributed by atoms with Gasteiger partial charge >= 0.3 is 0 Å². The van der Waals surface area contributed by atoms with Crippen LogP contribution in [0.25, 0.3) is 33.4 Å². The molecule has 0 N–H and O–H groups in total. The second-order valence-electron chi connectivity index (χ2n) is 14.4. The molecule has 2 heteroatoms. The van der Waals surface area contributed by atoms with Crippen molar-refractivity contribution in [2.45, 2.75) is 71.5 Å². The molecule has 0 radical (unpaired) electrons. The summed E-state index contributed by atoms with van der Waals surface area (Å²) >= 11 is 0. The molecule has 0 unspecified atom stereocenters. The van der Waals surface area contributed by atoms with Crippen molar-refractivity contribution in [2.24, 2.45) is 0 Å². The summed E-state index contributed by atoms with van der Waals surface area (Å²) in [7, 11) is -2.29. The highest BCUT2D eigenvalue weighted by Crippen LogP contribution is 2.51. The molecule has 0 spiro atoms. The molecule has 0 amide bonds. The Morgan fingerprint density at radius 2 is 1.15 bits per heavy atom. The fraction of sp³-hybridized carbons (Fsp3) is 0.273. The monoisotopic (exact) mass is 620 g/mol. The first kappa shape index (κ1) is 31.8. The van der Waals surface area contributed by atoms with Crippen LogP contribution in [-0.2, 0) is 18.3 Å². The van der Waals surface area contributed by atoms with Crippen LogP contribution in [0.15, 0.2) is 116 Å². The summed E-state index contributed by atoms with van der Waals surface area (Å²) in [6.45, 7) is 20.9. The first-order valence-electron chi connectivity index (χ1n) is 16.9. The third-order valence-electron chi connectivity index (χ3n) is 9.99. The molecule has 0 atom stereocenters. The minimum absolute atomic E-state index is 0.0435. The van der Waals surface area contributed by atoms with Crippen LogP contribution in [0.1, 0.15) is 68.0 Å². The summed E-state index contributed by atoms with van der Waals surface area (Å²) in [6, 6.07) is 39.4. The molecule has 0 saturated heterocycles. The molecule has 0 aromatic heterocycles. The molecule has 0 saturated carbocycles. The number of fused-ring (bicyclic) bond motifs is 3. The number of para-hydroxylation sites is 1. The van der Waals surface area contributed by atoms with Gasteiger partial charge < -0.3 is 4.74 Å². The van der Waals surface area contributed by atoms with Gasteiger partial charge in [-0.2, -0.15) is 0 Å². The van der Waals surface area contributed by atoms with Crippen LogP contribution in [0.3, 0.4) is 0 Å². The molecule has 5 aromatic rings. The molecular weight excluding hydrogens is 573 g/mol. The van der Waals surface area contributed by atoms with Gasteiger partial charge in [-0.25, -0.2) is 0 Å². The lowest BCUT2D eigenvalue weighted by Gasteiger charge is -2.35. The van der Waals surface area contributed by atoms with E-state index in [-0.39, 0.29) is 11.0 Å². The van der Waals surface area contributed by atoms with Crippen LogP contribution in [-0.4, -0.2) is 14.7 Å². The smallest absolute Gasteiger partial charge is 0.122 e. The first-order chi connectivity index (χ1) is 22.1. The number of rotatable bonds is 9.